The molecule has 0 radical (unpaired) electrons. The maximum absolute atomic E-state index is 14.9. The van der Waals surface area contributed by atoms with Gasteiger partial charge >= 0.3 is 0 Å². The number of ether oxygens (including phenoxy) is 5. The largest absolute Gasteiger partial charge is 0.489 e. The van der Waals surface area contributed by atoms with Crippen LogP contribution >= 0.6 is 0 Å². The molecule has 7 aliphatic heterocycles. The van der Waals surface area contributed by atoms with Gasteiger partial charge in [-0.15, -0.1) is 0 Å². The first kappa shape index (κ1) is 49.5. The number of carbonyl (C=O) groups excluding carboxylic acids is 1. The third-order valence-electron chi connectivity index (χ3n) is 17.9. The fraction of sp³-hybridized carbons (Fsp3) is 0.536. The SMILES string of the molecule is CC(C)c1ccccc1[C@@H]1CCCN1C1CC2(CCN(c3ccc(C(=O)NS(=O)(=O)c4cc5c(c([N+](=O)[O-])c4)N[C@@H]([C@H]4CN(C6COC6)[C@H](C)CO4)CO5)c(N4c5cc6cc[nH]c6nc5O[C@@H]5COCC[C@@H]54)c3)CC2)C1. The number of amides is 1. The third-order valence-corrected chi connectivity index (χ3v) is 19.3. The first-order chi connectivity index (χ1) is 36.8. The van der Waals surface area contributed by atoms with E-state index in [4.69, 9.17) is 28.7 Å². The second-order valence-corrected chi connectivity index (χ2v) is 24.5. The number of hydrogen-bond donors (Lipinski definition) is 3. The molecule has 9 heterocycles. The molecule has 5 aromatic rings. The number of fused-ring (bicyclic) bond motifs is 4. The third kappa shape index (κ3) is 8.81. The number of nitro groups is 1. The van der Waals surface area contributed by atoms with Gasteiger partial charge in [-0.3, -0.25) is 24.7 Å². The highest BCUT2D eigenvalue weighted by molar-refractivity contribution is 7.90. The van der Waals surface area contributed by atoms with E-state index in [-0.39, 0.29) is 53.3 Å². The number of morpholine rings is 1. The summed E-state index contributed by atoms with van der Waals surface area (Å²) in [5.74, 6) is -0.0566. The van der Waals surface area contributed by atoms with Crippen LogP contribution in [0.15, 0.2) is 77.8 Å². The Morgan fingerprint density at radius 3 is 2.53 bits per heavy atom. The number of pyridine rings is 1. The van der Waals surface area contributed by atoms with E-state index in [1.54, 1.807) is 6.07 Å². The first-order valence-corrected chi connectivity index (χ1v) is 28.8. The van der Waals surface area contributed by atoms with Gasteiger partial charge in [0.1, 0.15) is 24.0 Å². The van der Waals surface area contributed by atoms with Crippen molar-refractivity contribution in [3.05, 3.63) is 99.7 Å². The Kier molecular flexibility index (Phi) is 12.7. The Balaban J connectivity index is 0.780. The zero-order valence-electron chi connectivity index (χ0n) is 43.3. The van der Waals surface area contributed by atoms with Gasteiger partial charge in [0.05, 0.1) is 71.7 Å². The number of benzene rings is 3. The molecule has 20 heteroatoms. The van der Waals surface area contributed by atoms with Gasteiger partial charge in [-0.1, -0.05) is 38.1 Å². The molecule has 2 aromatic heterocycles. The minimum absolute atomic E-state index is 0.0100. The Labute approximate surface area is 442 Å². The molecule has 6 fully saturated rings. The minimum Gasteiger partial charge on any atom is -0.489 e. The number of piperidine rings is 1. The van der Waals surface area contributed by atoms with Crippen LogP contribution in [0.5, 0.6) is 11.6 Å². The van der Waals surface area contributed by atoms with Crippen molar-refractivity contribution in [1.29, 1.82) is 0 Å². The minimum atomic E-state index is -4.73. The lowest BCUT2D eigenvalue weighted by atomic mass is 9.59. The molecule has 6 atom stereocenters. The van der Waals surface area contributed by atoms with Crippen LogP contribution in [0.3, 0.4) is 0 Å². The molecule has 13 rings (SSSR count). The quantitative estimate of drug-likeness (QED) is 0.0858. The number of carbonyl (C=O) groups is 1. The van der Waals surface area contributed by atoms with Gasteiger partial charge in [0.15, 0.2) is 11.4 Å². The van der Waals surface area contributed by atoms with E-state index in [1.807, 2.05) is 30.5 Å². The smallest absolute Gasteiger partial charge is 0.297 e. The summed E-state index contributed by atoms with van der Waals surface area (Å²) in [6, 6.07) is 21.5. The average Bonchev–Trinajstić information content (AvgIpc) is 4.21. The number of sulfonamides is 1. The van der Waals surface area contributed by atoms with E-state index >= 15 is 0 Å². The van der Waals surface area contributed by atoms with Crippen molar-refractivity contribution in [2.45, 2.75) is 125 Å². The number of nitrogens with one attached hydrogen (secondary N) is 3. The van der Waals surface area contributed by atoms with Crippen molar-refractivity contribution < 1.29 is 41.8 Å². The molecule has 5 saturated heterocycles. The molecule has 19 nitrogen and oxygen atoms in total. The predicted octanol–water partition coefficient (Wildman–Crippen LogP) is 7.65. The highest BCUT2D eigenvalue weighted by Crippen LogP contribution is 2.55. The molecule has 76 heavy (non-hydrogen) atoms. The second kappa shape index (κ2) is 19.5. The maximum Gasteiger partial charge on any atom is 0.297 e. The average molecular weight is 1060 g/mol. The van der Waals surface area contributed by atoms with Gasteiger partial charge in [0, 0.05) is 73.8 Å². The summed E-state index contributed by atoms with van der Waals surface area (Å²) < 4.78 is 61.5. The number of hydrogen-bond acceptors (Lipinski definition) is 16. The summed E-state index contributed by atoms with van der Waals surface area (Å²) >= 11 is 0. The lowest BCUT2D eigenvalue weighted by Crippen LogP contribution is -2.62. The van der Waals surface area contributed by atoms with Gasteiger partial charge < -0.3 is 43.8 Å². The van der Waals surface area contributed by atoms with Crippen LogP contribution in [0, 0.1) is 15.5 Å². The van der Waals surface area contributed by atoms with Crippen molar-refractivity contribution in [2.75, 3.05) is 80.9 Å². The zero-order valence-corrected chi connectivity index (χ0v) is 44.1. The number of aromatic nitrogens is 2. The Hall–Kier alpha value is -6.03. The van der Waals surface area contributed by atoms with Gasteiger partial charge in [-0.05, 0) is 111 Å². The standard InChI is InChI=1S/C56H67N9O10S/c1-33(2)40-7-4-5-8-41(40)44-9-6-17-62(44)37-25-56(26-37)14-18-61(19-15-56)36-10-11-42(46(22-36)64-45-13-20-71-32-51(45)75-55-48(64)21-35-12-16-57-53(35)59-55)54(66)60-76(69,70)39-23-47(65(67)68)52-49(24-39)74-31-43(58-52)50-27-63(34(3)28-73-50)38-29-72-30-38/h4-5,7-8,10-12,16,21-24,33-34,37-38,43-45,50-51,58H,6,9,13-15,17-20,25-32H2,1-3H3,(H,57,59)(H,60,66)/t34-,43-,44+,45+,50-,51-/m1/s1. The van der Waals surface area contributed by atoms with Crippen molar-refractivity contribution in [1.82, 2.24) is 24.5 Å². The van der Waals surface area contributed by atoms with Crippen LogP contribution < -0.4 is 29.3 Å². The summed E-state index contributed by atoms with van der Waals surface area (Å²) in [4.78, 5) is 44.1. The molecule has 0 bridgehead atoms. The summed E-state index contributed by atoms with van der Waals surface area (Å²) in [7, 11) is -4.73. The van der Waals surface area contributed by atoms with Crippen LogP contribution in [0.25, 0.3) is 11.0 Å². The molecule has 0 unspecified atom stereocenters. The molecule has 1 amide bonds. The lowest BCUT2D eigenvalue weighted by Gasteiger charge is -2.56. The number of nitrogens with zero attached hydrogens (tertiary/aromatic N) is 6. The number of anilines is 4. The van der Waals surface area contributed by atoms with Gasteiger partial charge in [0.2, 0.25) is 5.88 Å². The first-order valence-electron chi connectivity index (χ1n) is 27.3. The molecule has 3 aromatic carbocycles. The number of aromatic amines is 1. The molecule has 402 valence electrons. The van der Waals surface area contributed by atoms with Gasteiger partial charge in [-0.2, -0.15) is 4.98 Å². The van der Waals surface area contributed by atoms with Crippen LogP contribution in [0.2, 0.25) is 0 Å². The van der Waals surface area contributed by atoms with Crippen molar-refractivity contribution in [2.24, 2.45) is 5.41 Å². The zero-order chi connectivity index (χ0) is 52.0. The topological polar surface area (TPSA) is 206 Å². The highest BCUT2D eigenvalue weighted by Gasteiger charge is 2.51. The monoisotopic (exact) mass is 1060 g/mol. The Bertz CT molecular complexity index is 3170. The normalized spacial score (nSPS) is 26.9. The van der Waals surface area contributed by atoms with Crippen LogP contribution in [-0.4, -0.2) is 147 Å². The van der Waals surface area contributed by atoms with Crippen molar-refractivity contribution >= 4 is 55.4 Å². The molecular formula is C56H67N9O10S. The summed E-state index contributed by atoms with van der Waals surface area (Å²) in [5, 5.41) is 16.8. The lowest BCUT2D eigenvalue weighted by molar-refractivity contribution is -0.384. The van der Waals surface area contributed by atoms with E-state index in [0.717, 1.165) is 49.6 Å². The van der Waals surface area contributed by atoms with Gasteiger partial charge in [0.25, 0.3) is 21.6 Å². The van der Waals surface area contributed by atoms with Crippen LogP contribution in [-0.2, 0) is 24.2 Å². The number of nitro benzene ring substituents is 1. The second-order valence-electron chi connectivity index (χ2n) is 22.8. The summed E-state index contributed by atoms with van der Waals surface area (Å²) in [6.07, 6.45) is 8.51. The number of H-pyrrole nitrogens is 1. The van der Waals surface area contributed by atoms with E-state index in [0.29, 0.717) is 86.9 Å². The van der Waals surface area contributed by atoms with Gasteiger partial charge in [-0.25, -0.2) is 13.1 Å². The van der Waals surface area contributed by atoms with E-state index in [2.05, 4.69) is 79.7 Å². The summed E-state index contributed by atoms with van der Waals surface area (Å²) in [6.45, 7) is 12.7. The Morgan fingerprint density at radius 2 is 1.74 bits per heavy atom. The predicted molar refractivity (Wildman–Crippen MR) is 286 cm³/mol. The van der Waals surface area contributed by atoms with E-state index < -0.39 is 43.6 Å². The molecule has 8 aliphatic rings. The molecule has 1 saturated carbocycles. The van der Waals surface area contributed by atoms with E-state index in [9.17, 15) is 23.3 Å². The number of likely N-dealkylation sites (tertiary alicyclic amines) is 1. The number of rotatable bonds is 11. The highest BCUT2D eigenvalue weighted by atomic mass is 32.2. The Morgan fingerprint density at radius 1 is 0.908 bits per heavy atom. The molecule has 3 N–H and O–H groups in total. The molecule has 1 spiro atoms. The fourth-order valence-electron chi connectivity index (χ4n) is 13.7. The maximum atomic E-state index is 14.9. The fourth-order valence-corrected chi connectivity index (χ4v) is 14.7. The van der Waals surface area contributed by atoms with Crippen LogP contribution in [0.1, 0.15) is 99.2 Å². The van der Waals surface area contributed by atoms with Crippen LogP contribution in [0.4, 0.5) is 28.4 Å². The molecule has 1 aliphatic carbocycles. The van der Waals surface area contributed by atoms with Crippen molar-refractivity contribution in [3.8, 4) is 11.6 Å². The molecular weight excluding hydrogens is 991 g/mol. The summed E-state index contributed by atoms with van der Waals surface area (Å²) in [5.41, 5.74) is 5.59. The van der Waals surface area contributed by atoms with Crippen molar-refractivity contribution in [3.63, 3.8) is 0 Å². The van der Waals surface area contributed by atoms with E-state index in [1.165, 1.54) is 42.9 Å².